The van der Waals surface area contributed by atoms with Crippen LogP contribution < -0.4 is 10.9 Å². The fraction of sp³-hybridized carbons (Fsp3) is 0.333. The van der Waals surface area contributed by atoms with E-state index in [2.05, 4.69) is 40.1 Å². The number of unbranched alkanes of at least 4 members (excludes halogenated alkanes) is 1. The highest BCUT2D eigenvalue weighted by molar-refractivity contribution is 7.15. The van der Waals surface area contributed by atoms with E-state index in [0.717, 1.165) is 53.8 Å². The van der Waals surface area contributed by atoms with E-state index in [1.165, 1.54) is 0 Å². The molecular formula is C33H43N4O4P. The van der Waals surface area contributed by atoms with Crippen LogP contribution in [-0.4, -0.2) is 34.1 Å². The molecule has 3 aromatic rings. The van der Waals surface area contributed by atoms with Crippen molar-refractivity contribution in [3.05, 3.63) is 106 Å². The number of hydrogen-bond acceptors (Lipinski definition) is 6. The largest absolute Gasteiger partial charge is 0.501 e. The van der Waals surface area contributed by atoms with Gasteiger partial charge >= 0.3 is 0 Å². The van der Waals surface area contributed by atoms with Crippen molar-refractivity contribution in [1.29, 1.82) is 0 Å². The molecule has 0 spiro atoms. The first kappa shape index (κ1) is 34.2. The molecule has 1 amide bonds. The van der Waals surface area contributed by atoms with E-state index in [1.807, 2.05) is 56.3 Å². The zero-order valence-electron chi connectivity index (χ0n) is 25.3. The maximum Gasteiger partial charge on any atom is 0.261 e. The predicted molar refractivity (Wildman–Crippen MR) is 175 cm³/mol. The molecule has 0 bridgehead atoms. The number of hydrogen-bond donors (Lipinski definition) is 2. The van der Waals surface area contributed by atoms with Gasteiger partial charge in [0, 0.05) is 35.8 Å². The molecule has 0 aliphatic heterocycles. The Hall–Kier alpha value is -4.03. The summed E-state index contributed by atoms with van der Waals surface area (Å²) < 4.78 is 6.52. The number of carbonyl (C=O) groups is 1. The van der Waals surface area contributed by atoms with Crippen LogP contribution in [0.4, 0.5) is 0 Å². The second kappa shape index (κ2) is 17.7. The molecule has 1 atom stereocenters. The fourth-order valence-electron chi connectivity index (χ4n) is 4.54. The molecule has 8 nitrogen and oxygen atoms in total. The smallest absolute Gasteiger partial charge is 0.261 e. The molecule has 0 aliphatic rings. The van der Waals surface area contributed by atoms with E-state index < -0.39 is 0 Å². The summed E-state index contributed by atoms with van der Waals surface area (Å²) in [4.78, 5) is 29.2. The molecular weight excluding hydrogens is 547 g/mol. The molecule has 0 saturated carbocycles. The van der Waals surface area contributed by atoms with Gasteiger partial charge < -0.3 is 15.3 Å². The zero-order chi connectivity index (χ0) is 31.1. The van der Waals surface area contributed by atoms with Crippen molar-refractivity contribution in [2.75, 3.05) is 7.11 Å². The second-order valence-corrected chi connectivity index (χ2v) is 9.99. The molecule has 1 aromatic heterocycles. The highest BCUT2D eigenvalue weighted by Crippen LogP contribution is 2.25. The fourth-order valence-corrected chi connectivity index (χ4v) is 4.81. The van der Waals surface area contributed by atoms with Crippen molar-refractivity contribution in [3.8, 4) is 11.1 Å². The minimum atomic E-state index is -0.0609. The lowest BCUT2D eigenvalue weighted by Crippen LogP contribution is -2.29. The van der Waals surface area contributed by atoms with E-state index in [9.17, 15) is 14.8 Å². The third-order valence-electron chi connectivity index (χ3n) is 6.72. The normalized spacial score (nSPS) is 11.4. The topological polar surface area (TPSA) is 106 Å². The van der Waals surface area contributed by atoms with Crippen LogP contribution in [0.15, 0.2) is 76.9 Å². The molecule has 3 rings (SSSR count). The molecule has 42 heavy (non-hydrogen) atoms. The maximum absolute atomic E-state index is 13.5. The maximum atomic E-state index is 13.5. The lowest BCUT2D eigenvalue weighted by molar-refractivity contribution is -0.108. The average Bonchev–Trinajstić information content (AvgIpc) is 3.01. The Labute approximate surface area is 251 Å². The number of amidine groups is 1. The number of aromatic nitrogens is 2. The average molecular weight is 591 g/mol. The van der Waals surface area contributed by atoms with Gasteiger partial charge in [-0.15, -0.1) is 9.24 Å². The van der Waals surface area contributed by atoms with Gasteiger partial charge in [-0.05, 0) is 49.5 Å². The van der Waals surface area contributed by atoms with E-state index in [4.69, 9.17) is 9.72 Å². The van der Waals surface area contributed by atoms with E-state index in [-0.39, 0.29) is 11.4 Å². The Balaban J connectivity index is 0.000000782. The summed E-state index contributed by atoms with van der Waals surface area (Å²) >= 11 is 0. The Kier molecular flexibility index (Phi) is 14.4. The first-order valence-corrected chi connectivity index (χ1v) is 14.9. The number of nitrogens with zero attached hydrogens (tertiary/aromatic N) is 3. The van der Waals surface area contributed by atoms with Gasteiger partial charge in [-0.1, -0.05) is 80.5 Å². The Morgan fingerprint density at radius 3 is 2.38 bits per heavy atom. The minimum absolute atomic E-state index is 0.0609. The van der Waals surface area contributed by atoms with Crippen LogP contribution in [0.5, 0.6) is 0 Å². The van der Waals surface area contributed by atoms with E-state index in [1.54, 1.807) is 23.8 Å². The summed E-state index contributed by atoms with van der Waals surface area (Å²) in [5.41, 5.74) is 5.41. The van der Waals surface area contributed by atoms with Crippen LogP contribution >= 0.6 is 9.24 Å². The summed E-state index contributed by atoms with van der Waals surface area (Å²) in [6.07, 6.45) is 7.22. The van der Waals surface area contributed by atoms with Crippen LogP contribution in [0.3, 0.4) is 0 Å². The summed E-state index contributed by atoms with van der Waals surface area (Å²) in [5.74, 6) is 1.83. The van der Waals surface area contributed by atoms with E-state index in [0.29, 0.717) is 41.6 Å². The van der Waals surface area contributed by atoms with Crippen LogP contribution in [0.1, 0.15) is 75.2 Å². The standard InChI is InChI=1S/C27H31N4O3P.C6H12O/c1-4-5-10-24-23(27(33)31(18(2)3)25(16-35)29-24)15-19-11-13-20(14-12-19)21-8-6-7-9-22(21)26(30-34)28-17-32;1-4-6(5-2)7-3/h6-9,11-14,17,34H,2,4-5,10,15-16,35H2,1,3H3,(H,28,30,32);4H,5H2,1-3H3/b;6-4+. The third kappa shape index (κ3) is 8.98. The minimum Gasteiger partial charge on any atom is -0.501 e. The molecule has 2 aromatic carbocycles. The number of rotatable bonds is 12. The monoisotopic (exact) mass is 590 g/mol. The number of allylic oxidation sites excluding steroid dienone is 3. The summed E-state index contributed by atoms with van der Waals surface area (Å²) in [5, 5.41) is 15.0. The molecule has 1 unspecified atom stereocenters. The van der Waals surface area contributed by atoms with Gasteiger partial charge in [-0.25, -0.2) is 4.98 Å². The number of oxime groups is 1. The Morgan fingerprint density at radius 2 is 1.88 bits per heavy atom. The number of aryl methyl sites for hydroxylation is 1. The number of benzene rings is 2. The molecule has 0 fully saturated rings. The molecule has 0 saturated heterocycles. The summed E-state index contributed by atoms with van der Waals surface area (Å²) in [6, 6.07) is 15.2. The predicted octanol–water partition coefficient (Wildman–Crippen LogP) is 6.54. The first-order valence-electron chi connectivity index (χ1n) is 14.1. The zero-order valence-corrected chi connectivity index (χ0v) is 26.5. The van der Waals surface area contributed by atoms with Gasteiger partial charge in [0.05, 0.1) is 18.6 Å². The first-order chi connectivity index (χ1) is 20.3. The van der Waals surface area contributed by atoms with Crippen LogP contribution in [0.25, 0.3) is 16.8 Å². The van der Waals surface area contributed by atoms with Gasteiger partial charge in [0.15, 0.2) is 5.84 Å². The number of methoxy groups -OCH3 is 1. The number of amides is 1. The lowest BCUT2D eigenvalue weighted by atomic mass is 9.96. The SMILES string of the molecule is C/C=C(\CC)OC.C=C(C)n1c(CP)nc(CCCC)c(Cc2ccc(-c3ccccc3/C(=N/O)NC=O)cc2)c1=O. The van der Waals surface area contributed by atoms with Crippen molar-refractivity contribution < 1.29 is 14.7 Å². The molecule has 1 heterocycles. The van der Waals surface area contributed by atoms with Gasteiger partial charge in [0.25, 0.3) is 5.56 Å². The van der Waals surface area contributed by atoms with Gasteiger partial charge in [-0.3, -0.25) is 14.2 Å². The van der Waals surface area contributed by atoms with Crippen molar-refractivity contribution in [2.24, 2.45) is 5.16 Å². The van der Waals surface area contributed by atoms with Crippen molar-refractivity contribution >= 4 is 27.2 Å². The second-order valence-electron chi connectivity index (χ2n) is 9.58. The number of carbonyl (C=O) groups excluding carboxylic acids is 1. The lowest BCUT2D eigenvalue weighted by Gasteiger charge is -2.17. The van der Waals surface area contributed by atoms with Crippen molar-refractivity contribution in [1.82, 2.24) is 14.9 Å². The van der Waals surface area contributed by atoms with Gasteiger partial charge in [-0.2, -0.15) is 0 Å². The Morgan fingerprint density at radius 1 is 1.19 bits per heavy atom. The van der Waals surface area contributed by atoms with Crippen molar-refractivity contribution in [3.63, 3.8) is 0 Å². The molecule has 224 valence electrons. The molecule has 0 aliphatic carbocycles. The quantitative estimate of drug-likeness (QED) is 0.0474. The Bertz CT molecular complexity index is 1450. The molecule has 2 N–H and O–H groups in total. The van der Waals surface area contributed by atoms with Crippen LogP contribution in [0, 0.1) is 0 Å². The summed E-state index contributed by atoms with van der Waals surface area (Å²) in [7, 11) is 4.34. The van der Waals surface area contributed by atoms with Crippen LogP contribution in [-0.2, 0) is 28.5 Å². The van der Waals surface area contributed by atoms with Crippen LogP contribution in [0.2, 0.25) is 0 Å². The van der Waals surface area contributed by atoms with Gasteiger partial charge in [0.2, 0.25) is 6.41 Å². The number of nitrogens with one attached hydrogen (secondary N) is 1. The van der Waals surface area contributed by atoms with E-state index >= 15 is 0 Å². The van der Waals surface area contributed by atoms with Gasteiger partial charge in [0.1, 0.15) is 5.82 Å². The summed E-state index contributed by atoms with van der Waals surface area (Å²) in [6.45, 7) is 12.0. The molecule has 0 radical (unpaired) electrons. The van der Waals surface area contributed by atoms with Crippen molar-refractivity contribution in [2.45, 2.75) is 66.0 Å². The number of ether oxygens (including phenoxy) is 1. The molecule has 9 heteroatoms. The highest BCUT2D eigenvalue weighted by atomic mass is 31.0. The highest BCUT2D eigenvalue weighted by Gasteiger charge is 2.17. The third-order valence-corrected chi connectivity index (χ3v) is 7.08.